The van der Waals surface area contributed by atoms with Crippen molar-refractivity contribution in [2.75, 3.05) is 23.4 Å². The summed E-state index contributed by atoms with van der Waals surface area (Å²) < 4.78 is 66.0. The van der Waals surface area contributed by atoms with Gasteiger partial charge in [-0.05, 0) is 66.4 Å². The highest BCUT2D eigenvalue weighted by Gasteiger charge is 2.40. The molecule has 0 saturated carbocycles. The Bertz CT molecular complexity index is 1280. The van der Waals surface area contributed by atoms with Gasteiger partial charge in [0.1, 0.15) is 15.7 Å². The molecule has 1 aromatic heterocycles. The van der Waals surface area contributed by atoms with E-state index in [0.29, 0.717) is 6.54 Å². The average Bonchev–Trinajstić information content (AvgIpc) is 3.27. The van der Waals surface area contributed by atoms with Crippen LogP contribution in [0.2, 0.25) is 0 Å². The highest BCUT2D eigenvalue weighted by molar-refractivity contribution is 7.91. The van der Waals surface area contributed by atoms with Gasteiger partial charge in [0.05, 0.1) is 27.6 Å². The molecule has 3 rings (SSSR count). The molecule has 0 aromatic carbocycles. The Labute approximate surface area is 238 Å². The summed E-state index contributed by atoms with van der Waals surface area (Å²) in [7, 11) is -3.14. The molecule has 40 heavy (non-hydrogen) atoms. The zero-order chi connectivity index (χ0) is 30.0. The van der Waals surface area contributed by atoms with Gasteiger partial charge in [0.15, 0.2) is 6.04 Å². The minimum absolute atomic E-state index is 0.00373. The molecule has 9 nitrogen and oxygen atoms in total. The molecule has 1 aromatic rings. The Kier molecular flexibility index (Phi) is 9.65. The molecule has 14 heteroatoms. The maximum atomic E-state index is 14.2. The number of nitrogens with zero attached hydrogens (tertiary/aromatic N) is 3. The third-order valence-corrected chi connectivity index (χ3v) is 9.00. The lowest BCUT2D eigenvalue weighted by Gasteiger charge is -2.27. The van der Waals surface area contributed by atoms with Gasteiger partial charge in [0.2, 0.25) is 0 Å². The van der Waals surface area contributed by atoms with Crippen LogP contribution in [-0.4, -0.2) is 82.4 Å². The fourth-order valence-electron chi connectivity index (χ4n) is 4.71. The number of anilines is 1. The Morgan fingerprint density at radius 2 is 1.80 bits per heavy atom. The number of halogens is 3. The number of hydrogen-bond donors (Lipinski definition) is 2. The topological polar surface area (TPSA) is 121 Å². The minimum Gasteiger partial charge on any atom is -0.365 e. The number of sulfone groups is 1. The Morgan fingerprint density at radius 3 is 2.33 bits per heavy atom. The van der Waals surface area contributed by atoms with Crippen molar-refractivity contribution in [3.8, 4) is 0 Å². The monoisotopic (exact) mass is 603 g/mol. The number of carbonyl (C=O) groups excluding carboxylic acids is 2. The highest BCUT2D eigenvalue weighted by Crippen LogP contribution is 2.35. The molecule has 0 spiro atoms. The highest BCUT2D eigenvalue weighted by atomic mass is 32.2. The quantitative estimate of drug-likeness (QED) is 0.278. The molecule has 2 atom stereocenters. The molecule has 3 heterocycles. The number of thiocarbonyl (C=S) groups is 1. The lowest BCUT2D eigenvalue weighted by molar-refractivity contribution is -0.138. The van der Waals surface area contributed by atoms with Crippen LogP contribution in [0.4, 0.5) is 19.0 Å². The maximum Gasteiger partial charge on any atom is 0.417 e. The number of aliphatic imine (C=N–C) groups is 1. The number of likely N-dealkylation sites (tertiary alicyclic amines) is 1. The van der Waals surface area contributed by atoms with Crippen molar-refractivity contribution in [1.29, 1.82) is 0 Å². The van der Waals surface area contributed by atoms with Crippen LogP contribution < -0.4 is 10.6 Å². The first-order valence-corrected chi connectivity index (χ1v) is 15.4. The number of aromatic nitrogens is 1. The second-order valence-electron chi connectivity index (χ2n) is 11.4. The van der Waals surface area contributed by atoms with E-state index < -0.39 is 56.6 Å². The van der Waals surface area contributed by atoms with Gasteiger partial charge in [-0.3, -0.25) is 14.6 Å². The number of alkyl halides is 3. The van der Waals surface area contributed by atoms with Crippen LogP contribution >= 0.6 is 12.2 Å². The van der Waals surface area contributed by atoms with E-state index in [0.717, 1.165) is 25.1 Å². The van der Waals surface area contributed by atoms with Gasteiger partial charge < -0.3 is 15.5 Å². The van der Waals surface area contributed by atoms with Crippen LogP contribution in [0.3, 0.4) is 0 Å². The third-order valence-electron chi connectivity index (χ3n) is 6.84. The molecule has 0 aliphatic carbocycles. The fourth-order valence-corrected chi connectivity index (χ4v) is 6.51. The lowest BCUT2D eigenvalue weighted by atomic mass is 10.00. The maximum absolute atomic E-state index is 14.2. The van der Waals surface area contributed by atoms with Gasteiger partial charge in [0, 0.05) is 35.9 Å². The number of amides is 2. The second-order valence-corrected chi connectivity index (χ2v) is 14.1. The Hall–Kier alpha value is -2.61. The van der Waals surface area contributed by atoms with Gasteiger partial charge in [-0.25, -0.2) is 13.4 Å². The zero-order valence-electron chi connectivity index (χ0n) is 23.3. The summed E-state index contributed by atoms with van der Waals surface area (Å²) in [6.45, 7) is 8.92. The number of pyridine rings is 1. The van der Waals surface area contributed by atoms with Gasteiger partial charge in [-0.2, -0.15) is 13.2 Å². The molecule has 2 fully saturated rings. The van der Waals surface area contributed by atoms with Crippen molar-refractivity contribution in [3.05, 3.63) is 23.4 Å². The van der Waals surface area contributed by atoms with E-state index in [9.17, 15) is 31.2 Å². The van der Waals surface area contributed by atoms with Crippen molar-refractivity contribution in [2.24, 2.45) is 4.99 Å². The molecule has 2 N–H and O–H groups in total. The summed E-state index contributed by atoms with van der Waals surface area (Å²) >= 11 is 5.48. The lowest BCUT2D eigenvalue weighted by Crippen LogP contribution is -2.46. The van der Waals surface area contributed by atoms with Gasteiger partial charge in [-0.1, -0.05) is 12.2 Å². The summed E-state index contributed by atoms with van der Waals surface area (Å²) in [5, 5.41) is 5.63. The standard InChI is InChI=1S/C26H36F3N5O4S2/c1-15-7-6-10-34(15)24(36)21(31-16(2)23(35)32-17-8-11-40(37,38)12-9-17)22(39)18-14-30-20(33-25(3,4)5)13-19(18)26(27,28)29/h13-15,17,21H,6-12H2,1-5H3,(H,30,33)(H,32,35)/b31-16+/t15-,21?/m0/s1. The predicted octanol–water partition coefficient (Wildman–Crippen LogP) is 3.56. The van der Waals surface area contributed by atoms with Gasteiger partial charge in [-0.15, -0.1) is 0 Å². The molecule has 2 aliphatic heterocycles. The van der Waals surface area contributed by atoms with E-state index in [-0.39, 0.29) is 46.8 Å². The van der Waals surface area contributed by atoms with Crippen LogP contribution in [0, 0.1) is 0 Å². The van der Waals surface area contributed by atoms with Gasteiger partial charge in [0.25, 0.3) is 11.8 Å². The first kappa shape index (κ1) is 31.9. The van der Waals surface area contributed by atoms with E-state index in [4.69, 9.17) is 12.2 Å². The summed E-state index contributed by atoms with van der Waals surface area (Å²) in [6, 6.07) is -1.26. The zero-order valence-corrected chi connectivity index (χ0v) is 24.9. The van der Waals surface area contributed by atoms with Crippen LogP contribution in [-0.2, 0) is 25.6 Å². The second kappa shape index (κ2) is 12.1. The number of rotatable bonds is 7. The van der Waals surface area contributed by atoms with E-state index in [1.54, 1.807) is 20.8 Å². The third kappa shape index (κ3) is 8.21. The Balaban J connectivity index is 1.97. The molecule has 222 valence electrons. The summed E-state index contributed by atoms with van der Waals surface area (Å²) in [6.07, 6.45) is -1.89. The average molecular weight is 604 g/mol. The van der Waals surface area contributed by atoms with Crippen molar-refractivity contribution in [1.82, 2.24) is 15.2 Å². The predicted molar refractivity (Wildman–Crippen MR) is 151 cm³/mol. The SMILES string of the molecule is C/C(=N\C(C(=O)N1CCC[C@@H]1C)C(=S)c1cnc(NC(C)(C)C)cc1C(F)(F)F)C(=O)NC1CCS(=O)(=O)CC1. The Morgan fingerprint density at radius 1 is 1.18 bits per heavy atom. The molecule has 1 unspecified atom stereocenters. The minimum atomic E-state index is -4.80. The summed E-state index contributed by atoms with van der Waals surface area (Å²) in [4.78, 5) is 36.1. The van der Waals surface area contributed by atoms with Crippen LogP contribution in [0.25, 0.3) is 0 Å². The number of hydrogen-bond acceptors (Lipinski definition) is 8. The summed E-state index contributed by atoms with van der Waals surface area (Å²) in [5.41, 5.74) is -2.22. The first-order valence-electron chi connectivity index (χ1n) is 13.1. The van der Waals surface area contributed by atoms with Crippen LogP contribution in [0.15, 0.2) is 17.3 Å². The molecule has 0 bridgehead atoms. The van der Waals surface area contributed by atoms with Crippen molar-refractivity contribution in [2.45, 2.75) is 90.1 Å². The van der Waals surface area contributed by atoms with E-state index in [1.165, 1.54) is 11.8 Å². The van der Waals surface area contributed by atoms with Crippen molar-refractivity contribution < 1.29 is 31.2 Å². The van der Waals surface area contributed by atoms with Crippen LogP contribution in [0.5, 0.6) is 0 Å². The molecule has 2 saturated heterocycles. The van der Waals surface area contributed by atoms with Crippen LogP contribution in [0.1, 0.15) is 71.4 Å². The first-order chi connectivity index (χ1) is 18.4. The number of nitrogens with one attached hydrogen (secondary N) is 2. The smallest absolute Gasteiger partial charge is 0.365 e. The molecular weight excluding hydrogens is 567 g/mol. The van der Waals surface area contributed by atoms with Crippen molar-refractivity contribution in [3.63, 3.8) is 0 Å². The van der Waals surface area contributed by atoms with Crippen molar-refractivity contribution >= 4 is 50.3 Å². The molecule has 0 radical (unpaired) electrons. The normalized spacial score (nSPS) is 21.1. The molecule has 2 aliphatic rings. The van der Waals surface area contributed by atoms with E-state index in [1.807, 2.05) is 6.92 Å². The largest absolute Gasteiger partial charge is 0.417 e. The number of carbonyl (C=O) groups is 2. The van der Waals surface area contributed by atoms with Gasteiger partial charge >= 0.3 is 6.18 Å². The van der Waals surface area contributed by atoms with E-state index in [2.05, 4.69) is 20.6 Å². The van der Waals surface area contributed by atoms with E-state index >= 15 is 0 Å². The fraction of sp³-hybridized carbons (Fsp3) is 0.654. The molecular formula is C26H36F3N5O4S2. The summed E-state index contributed by atoms with van der Waals surface area (Å²) in [5.74, 6) is -1.34. The molecule has 2 amide bonds.